The summed E-state index contributed by atoms with van der Waals surface area (Å²) in [5.74, 6) is 0.709. The van der Waals surface area contributed by atoms with E-state index < -0.39 is 19.2 Å². The van der Waals surface area contributed by atoms with Gasteiger partial charge in [0.1, 0.15) is 25.0 Å². The fourth-order valence-electron chi connectivity index (χ4n) is 3.32. The summed E-state index contributed by atoms with van der Waals surface area (Å²) in [5, 5.41) is 9.88. The molecule has 1 N–H and O–H groups in total. The van der Waals surface area contributed by atoms with Gasteiger partial charge < -0.3 is 9.47 Å². The molecule has 0 aliphatic heterocycles. The monoisotopic (exact) mass is 602 g/mol. The van der Waals surface area contributed by atoms with Gasteiger partial charge in [-0.25, -0.2) is 18.4 Å². The summed E-state index contributed by atoms with van der Waals surface area (Å²) in [6, 6.07) is 14.5. The van der Waals surface area contributed by atoms with E-state index in [4.69, 9.17) is 55.9 Å². The van der Waals surface area contributed by atoms with Crippen LogP contribution in [0.3, 0.4) is 0 Å². The molecule has 0 radical (unpaired) electrons. The Hall–Kier alpha value is -2.48. The highest BCUT2D eigenvalue weighted by Gasteiger charge is 2.27. The predicted octanol–water partition coefficient (Wildman–Crippen LogP) is 6.03. The number of ether oxygens (including phenoxy) is 2. The molecule has 0 unspecified atom stereocenters. The van der Waals surface area contributed by atoms with E-state index in [-0.39, 0.29) is 35.5 Å². The Balaban J connectivity index is 1.76. The van der Waals surface area contributed by atoms with Crippen molar-refractivity contribution < 1.29 is 17.9 Å². The van der Waals surface area contributed by atoms with Crippen LogP contribution in [0.25, 0.3) is 0 Å². The van der Waals surface area contributed by atoms with Gasteiger partial charge in [0.25, 0.3) is 0 Å². The summed E-state index contributed by atoms with van der Waals surface area (Å²) in [6.07, 6.45) is 2.46. The van der Waals surface area contributed by atoms with Gasteiger partial charge in [-0.15, -0.1) is 0 Å². The van der Waals surface area contributed by atoms with Crippen LogP contribution in [0, 0.1) is 11.3 Å². The van der Waals surface area contributed by atoms with Gasteiger partial charge in [0.2, 0.25) is 19.8 Å². The van der Waals surface area contributed by atoms with Crippen LogP contribution in [0.15, 0.2) is 48.7 Å². The van der Waals surface area contributed by atoms with Crippen molar-refractivity contribution in [1.82, 2.24) is 9.97 Å². The van der Waals surface area contributed by atoms with Gasteiger partial charge in [-0.05, 0) is 41.5 Å². The zero-order valence-electron chi connectivity index (χ0n) is 19.9. The number of anilines is 1. The Bertz CT molecular complexity index is 1420. The number of hydrogen-bond acceptors (Lipinski definition) is 7. The molecule has 0 amide bonds. The topological polar surface area (TPSA) is 114 Å². The normalized spacial score (nSPS) is 12.1. The minimum Gasteiger partial charge on any atom is -0.487 e. The average molecular weight is 604 g/mol. The molecule has 0 bridgehead atoms. The molecule has 1 heterocycles. The first-order chi connectivity index (χ1) is 17.2. The number of halogens is 4. The van der Waals surface area contributed by atoms with Crippen molar-refractivity contribution in [3.63, 3.8) is 0 Å². The van der Waals surface area contributed by atoms with Crippen molar-refractivity contribution in [2.24, 2.45) is 0 Å². The minimum absolute atomic E-state index is 0.0280. The van der Waals surface area contributed by atoms with E-state index in [2.05, 4.69) is 20.8 Å². The molecule has 0 saturated carbocycles. The molecule has 2 aromatic carbocycles. The van der Waals surface area contributed by atoms with E-state index in [9.17, 15) is 13.7 Å². The first-order valence-corrected chi connectivity index (χ1v) is 14.0. The number of nitrogens with zero attached hydrogens (tertiary/aromatic N) is 3. The summed E-state index contributed by atoms with van der Waals surface area (Å²) in [7, 11) is -3.49. The van der Waals surface area contributed by atoms with Crippen molar-refractivity contribution in [2.45, 2.75) is 29.7 Å². The molecule has 0 aliphatic rings. The number of nitrogens with one attached hydrogen (secondary N) is 1. The van der Waals surface area contributed by atoms with Crippen LogP contribution in [0.1, 0.15) is 36.2 Å². The third kappa shape index (κ3) is 8.25. The van der Waals surface area contributed by atoms with Gasteiger partial charge in [-0.1, -0.05) is 72.4 Å². The molecule has 0 fully saturated rings. The average Bonchev–Trinajstić information content (AvgIpc) is 2.80. The molecule has 0 atom stereocenters. The highest BCUT2D eigenvalue weighted by Crippen LogP contribution is 2.39. The molecule has 196 valence electrons. The first kappa shape index (κ1) is 29.1. The van der Waals surface area contributed by atoms with E-state index in [1.807, 2.05) is 26.0 Å². The second kappa shape index (κ2) is 11.5. The van der Waals surface area contributed by atoms with Crippen LogP contribution in [0.5, 0.6) is 11.5 Å². The SMILES string of the molecule is CC(C)(c1ccc(OCc2ccnc(NS(C)(=O)=O)n2)cc1)c1cc(Cl)c(OCC(Cl)(Cl)Cl)c(C#N)c1. The van der Waals surface area contributed by atoms with Crippen LogP contribution >= 0.6 is 46.4 Å². The summed E-state index contributed by atoms with van der Waals surface area (Å²) in [4.78, 5) is 8.01. The largest absolute Gasteiger partial charge is 0.487 e. The van der Waals surface area contributed by atoms with E-state index in [1.54, 1.807) is 30.3 Å². The van der Waals surface area contributed by atoms with Crippen molar-refractivity contribution >= 4 is 62.4 Å². The number of alkyl halides is 3. The Kier molecular flexibility index (Phi) is 9.04. The number of hydrogen-bond donors (Lipinski definition) is 1. The Morgan fingerprint density at radius 2 is 1.73 bits per heavy atom. The number of aromatic nitrogens is 2. The van der Waals surface area contributed by atoms with E-state index >= 15 is 0 Å². The molecular formula is C24H22Cl4N4O4S. The number of rotatable bonds is 9. The third-order valence-corrected chi connectivity index (χ3v) is 6.38. The fraction of sp³-hybridized carbons (Fsp3) is 0.292. The van der Waals surface area contributed by atoms with Gasteiger partial charge in [0.05, 0.1) is 22.5 Å². The molecule has 3 rings (SSSR count). The fourth-order valence-corrected chi connectivity index (χ4v) is 4.19. The van der Waals surface area contributed by atoms with Gasteiger partial charge in [-0.3, -0.25) is 4.72 Å². The second-order valence-electron chi connectivity index (χ2n) is 8.53. The lowest BCUT2D eigenvalue weighted by Crippen LogP contribution is -2.20. The highest BCUT2D eigenvalue weighted by atomic mass is 35.6. The smallest absolute Gasteiger partial charge is 0.236 e. The third-order valence-electron chi connectivity index (χ3n) is 5.22. The summed E-state index contributed by atoms with van der Waals surface area (Å²) in [6.45, 7) is 3.84. The molecule has 0 spiro atoms. The standard InChI is InChI=1S/C24H22Cl4N4O4S/c1-23(2,17-10-15(12-29)21(20(25)11-17)36-14-24(26,27)28)16-4-6-19(7-5-16)35-13-18-8-9-30-22(31-18)32-37(3,33)34/h4-11H,13-14H2,1-3H3,(H,30,31,32). The Labute approximate surface area is 235 Å². The molecule has 0 aliphatic carbocycles. The minimum atomic E-state index is -3.49. The number of sulfonamides is 1. The van der Waals surface area contributed by atoms with Crippen LogP contribution in [0.2, 0.25) is 5.02 Å². The zero-order chi connectivity index (χ0) is 27.4. The predicted molar refractivity (Wildman–Crippen MR) is 145 cm³/mol. The molecule has 37 heavy (non-hydrogen) atoms. The second-order valence-corrected chi connectivity index (χ2v) is 13.2. The van der Waals surface area contributed by atoms with Crippen LogP contribution < -0.4 is 14.2 Å². The Morgan fingerprint density at radius 1 is 1.05 bits per heavy atom. The molecular weight excluding hydrogens is 582 g/mol. The molecule has 8 nitrogen and oxygen atoms in total. The van der Waals surface area contributed by atoms with E-state index in [1.165, 1.54) is 6.20 Å². The summed E-state index contributed by atoms with van der Waals surface area (Å²) in [5.41, 5.74) is 1.92. The van der Waals surface area contributed by atoms with Gasteiger partial charge in [0.15, 0.2) is 5.75 Å². The van der Waals surface area contributed by atoms with E-state index in [0.29, 0.717) is 11.4 Å². The maximum absolute atomic E-state index is 11.4. The molecule has 0 saturated heterocycles. The van der Waals surface area contributed by atoms with Crippen LogP contribution in [-0.2, 0) is 22.0 Å². The van der Waals surface area contributed by atoms with Crippen molar-refractivity contribution in [2.75, 3.05) is 17.6 Å². The highest BCUT2D eigenvalue weighted by molar-refractivity contribution is 7.91. The van der Waals surface area contributed by atoms with Gasteiger partial charge in [0, 0.05) is 11.6 Å². The Morgan fingerprint density at radius 3 is 2.32 bits per heavy atom. The van der Waals surface area contributed by atoms with Crippen molar-refractivity contribution in [3.8, 4) is 17.6 Å². The molecule has 3 aromatic rings. The number of nitriles is 1. The molecule has 1 aromatic heterocycles. The lowest BCUT2D eigenvalue weighted by atomic mass is 9.77. The van der Waals surface area contributed by atoms with Crippen molar-refractivity contribution in [3.05, 3.63) is 76.1 Å². The first-order valence-electron chi connectivity index (χ1n) is 10.6. The lowest BCUT2D eigenvalue weighted by molar-refractivity contribution is 0.301. The van der Waals surface area contributed by atoms with Crippen LogP contribution in [-0.4, -0.2) is 35.0 Å². The zero-order valence-corrected chi connectivity index (χ0v) is 23.8. The maximum Gasteiger partial charge on any atom is 0.236 e. The van der Waals surface area contributed by atoms with Gasteiger partial charge in [-0.2, -0.15) is 5.26 Å². The summed E-state index contributed by atoms with van der Waals surface area (Å²) >= 11 is 23.7. The van der Waals surface area contributed by atoms with Crippen LogP contribution in [0.4, 0.5) is 5.95 Å². The lowest BCUT2D eigenvalue weighted by Gasteiger charge is -2.27. The molecule has 13 heteroatoms. The van der Waals surface area contributed by atoms with Crippen molar-refractivity contribution in [1.29, 1.82) is 5.26 Å². The quantitative estimate of drug-likeness (QED) is 0.297. The van der Waals surface area contributed by atoms with E-state index in [0.717, 1.165) is 17.4 Å². The summed E-state index contributed by atoms with van der Waals surface area (Å²) < 4.78 is 34.6. The number of benzene rings is 2. The maximum atomic E-state index is 11.4. The van der Waals surface area contributed by atoms with Gasteiger partial charge >= 0.3 is 0 Å².